The molecule has 1 fully saturated rings. The van der Waals surface area contributed by atoms with Crippen LogP contribution in [0, 0.1) is 19.8 Å². The van der Waals surface area contributed by atoms with Gasteiger partial charge in [0.15, 0.2) is 5.78 Å². The molecule has 0 radical (unpaired) electrons. The number of nitrogens with zero attached hydrogens (tertiary/aromatic N) is 1. The normalized spacial score (nSPS) is 15.1. The SMILES string of the molecule is Cc1c(C(=O)CC2CCCC2)c(-c2ccc(NS(=O)O)cc2)c(C)n1-c1ccc(Cl)cc1. The quantitative estimate of drug-likeness (QED) is 0.297. The Morgan fingerprint density at radius 1 is 1.06 bits per heavy atom. The number of ketones is 1. The highest BCUT2D eigenvalue weighted by Gasteiger charge is 2.27. The van der Waals surface area contributed by atoms with Crippen LogP contribution in [0.4, 0.5) is 5.69 Å². The van der Waals surface area contributed by atoms with E-state index in [1.165, 1.54) is 12.8 Å². The van der Waals surface area contributed by atoms with E-state index < -0.39 is 11.3 Å². The van der Waals surface area contributed by atoms with Crippen LogP contribution in [-0.4, -0.2) is 19.1 Å². The summed E-state index contributed by atoms with van der Waals surface area (Å²) in [7, 11) is 0. The van der Waals surface area contributed by atoms with Crippen molar-refractivity contribution in [3.63, 3.8) is 0 Å². The molecule has 2 aromatic carbocycles. The highest BCUT2D eigenvalue weighted by molar-refractivity contribution is 7.80. The van der Waals surface area contributed by atoms with Gasteiger partial charge in [-0.15, -0.1) is 0 Å². The summed E-state index contributed by atoms with van der Waals surface area (Å²) in [6, 6.07) is 14.9. The summed E-state index contributed by atoms with van der Waals surface area (Å²) < 4.78 is 24.7. The molecular weight excluding hydrogens is 444 g/mol. The molecular formula is C25H27ClN2O3S. The summed E-state index contributed by atoms with van der Waals surface area (Å²) in [5.74, 6) is 0.638. The van der Waals surface area contributed by atoms with Gasteiger partial charge in [-0.3, -0.25) is 14.1 Å². The van der Waals surface area contributed by atoms with Gasteiger partial charge in [-0.05, 0) is 61.7 Å². The summed E-state index contributed by atoms with van der Waals surface area (Å²) in [4.78, 5) is 13.6. The zero-order chi connectivity index (χ0) is 22.8. The van der Waals surface area contributed by atoms with Gasteiger partial charge >= 0.3 is 0 Å². The molecule has 1 heterocycles. The molecule has 3 aromatic rings. The topological polar surface area (TPSA) is 71.3 Å². The van der Waals surface area contributed by atoms with Crippen LogP contribution in [-0.2, 0) is 11.3 Å². The van der Waals surface area contributed by atoms with Crippen molar-refractivity contribution >= 4 is 34.3 Å². The molecule has 1 atom stereocenters. The lowest BCUT2D eigenvalue weighted by atomic mass is 9.92. The number of anilines is 1. The minimum absolute atomic E-state index is 0.180. The third-order valence-electron chi connectivity index (χ3n) is 6.34. The molecule has 2 N–H and O–H groups in total. The number of benzene rings is 2. The van der Waals surface area contributed by atoms with Crippen LogP contribution in [0.1, 0.15) is 53.8 Å². The van der Waals surface area contributed by atoms with Gasteiger partial charge in [0.2, 0.25) is 0 Å². The lowest BCUT2D eigenvalue weighted by Gasteiger charge is -2.11. The lowest BCUT2D eigenvalue weighted by Crippen LogP contribution is -2.08. The highest BCUT2D eigenvalue weighted by Crippen LogP contribution is 2.38. The largest absolute Gasteiger partial charge is 0.317 e. The Bertz CT molecular complexity index is 1150. The monoisotopic (exact) mass is 470 g/mol. The minimum atomic E-state index is -2.13. The molecule has 0 bridgehead atoms. The first kappa shape index (κ1) is 22.8. The number of hydrogen-bond acceptors (Lipinski definition) is 2. The zero-order valence-electron chi connectivity index (χ0n) is 18.2. The van der Waals surface area contributed by atoms with E-state index in [4.69, 9.17) is 16.2 Å². The first-order valence-corrected chi connectivity index (χ1v) is 12.3. The van der Waals surface area contributed by atoms with E-state index in [1.807, 2.05) is 50.2 Å². The number of nitrogens with one attached hydrogen (secondary N) is 1. The van der Waals surface area contributed by atoms with Crippen molar-refractivity contribution < 1.29 is 13.6 Å². The van der Waals surface area contributed by atoms with E-state index in [-0.39, 0.29) is 5.78 Å². The summed E-state index contributed by atoms with van der Waals surface area (Å²) >= 11 is 3.97. The minimum Gasteiger partial charge on any atom is -0.317 e. The van der Waals surface area contributed by atoms with Gasteiger partial charge in [0.1, 0.15) is 0 Å². The van der Waals surface area contributed by atoms with E-state index >= 15 is 0 Å². The maximum absolute atomic E-state index is 13.6. The second-order valence-corrected chi connectivity index (χ2v) is 9.58. The van der Waals surface area contributed by atoms with E-state index in [1.54, 1.807) is 12.1 Å². The number of hydrogen-bond donors (Lipinski definition) is 2. The molecule has 7 heteroatoms. The maximum atomic E-state index is 13.6. The number of Topliss-reactive ketones (excluding diaryl/α,β-unsaturated/α-hetero) is 1. The summed E-state index contributed by atoms with van der Waals surface area (Å²) in [6.07, 6.45) is 5.22. The molecule has 32 heavy (non-hydrogen) atoms. The number of aromatic nitrogens is 1. The van der Waals surface area contributed by atoms with Crippen LogP contribution in [0.2, 0.25) is 5.02 Å². The van der Waals surface area contributed by atoms with Gasteiger partial charge in [0.25, 0.3) is 11.3 Å². The molecule has 1 saturated carbocycles. The number of carbonyl (C=O) groups excluding carboxylic acids is 1. The molecule has 0 aliphatic heterocycles. The Kier molecular flexibility index (Phi) is 6.84. The smallest absolute Gasteiger partial charge is 0.259 e. The number of rotatable bonds is 7. The van der Waals surface area contributed by atoms with E-state index in [0.717, 1.165) is 46.6 Å². The van der Waals surface area contributed by atoms with Gasteiger partial charge in [-0.1, -0.05) is 49.4 Å². The Balaban J connectivity index is 1.82. The summed E-state index contributed by atoms with van der Waals surface area (Å²) in [5, 5.41) is 0.665. The molecule has 5 nitrogen and oxygen atoms in total. The van der Waals surface area contributed by atoms with Crippen molar-refractivity contribution in [2.24, 2.45) is 5.92 Å². The van der Waals surface area contributed by atoms with Crippen molar-refractivity contribution in [2.45, 2.75) is 46.0 Å². The molecule has 0 amide bonds. The molecule has 0 saturated heterocycles. The maximum Gasteiger partial charge on any atom is 0.259 e. The van der Waals surface area contributed by atoms with Gasteiger partial charge in [0, 0.05) is 45.3 Å². The Hall–Kier alpha value is -2.41. The summed E-state index contributed by atoms with van der Waals surface area (Å²) in [6.45, 7) is 4.02. The van der Waals surface area contributed by atoms with Crippen LogP contribution in [0.3, 0.4) is 0 Å². The predicted octanol–water partition coefficient (Wildman–Crippen LogP) is 6.73. The van der Waals surface area contributed by atoms with Crippen molar-refractivity contribution in [3.8, 4) is 16.8 Å². The molecule has 1 unspecified atom stereocenters. The predicted molar refractivity (Wildman–Crippen MR) is 131 cm³/mol. The third-order valence-corrected chi connectivity index (χ3v) is 7.00. The van der Waals surface area contributed by atoms with Crippen LogP contribution in [0.25, 0.3) is 16.8 Å². The van der Waals surface area contributed by atoms with Gasteiger partial charge in [0.05, 0.1) is 0 Å². The zero-order valence-corrected chi connectivity index (χ0v) is 19.8. The van der Waals surface area contributed by atoms with Crippen LogP contribution >= 0.6 is 11.6 Å². The van der Waals surface area contributed by atoms with E-state index in [2.05, 4.69) is 9.29 Å². The van der Waals surface area contributed by atoms with Gasteiger partial charge < -0.3 is 4.57 Å². The lowest BCUT2D eigenvalue weighted by molar-refractivity contribution is 0.0962. The average Bonchev–Trinajstić information content (AvgIpc) is 3.35. The van der Waals surface area contributed by atoms with Crippen LogP contribution in [0.5, 0.6) is 0 Å². The van der Waals surface area contributed by atoms with Crippen LogP contribution < -0.4 is 4.72 Å². The Morgan fingerprint density at radius 2 is 1.69 bits per heavy atom. The summed E-state index contributed by atoms with van der Waals surface area (Å²) in [5.41, 5.74) is 5.97. The average molecular weight is 471 g/mol. The Labute approximate surface area is 196 Å². The van der Waals surface area contributed by atoms with E-state index in [0.29, 0.717) is 23.0 Å². The Morgan fingerprint density at radius 3 is 2.28 bits per heavy atom. The second-order valence-electron chi connectivity index (χ2n) is 8.44. The number of carbonyl (C=O) groups is 1. The van der Waals surface area contributed by atoms with Crippen molar-refractivity contribution in [1.82, 2.24) is 4.57 Å². The van der Waals surface area contributed by atoms with E-state index in [9.17, 15) is 9.00 Å². The number of halogens is 1. The first-order valence-electron chi connectivity index (χ1n) is 10.8. The molecule has 1 aliphatic carbocycles. The fourth-order valence-electron chi connectivity index (χ4n) is 4.89. The third kappa shape index (κ3) is 4.68. The first-order chi connectivity index (χ1) is 15.3. The van der Waals surface area contributed by atoms with Crippen molar-refractivity contribution in [3.05, 3.63) is 70.5 Å². The molecule has 1 aliphatic rings. The van der Waals surface area contributed by atoms with Crippen molar-refractivity contribution in [1.29, 1.82) is 0 Å². The highest BCUT2D eigenvalue weighted by atomic mass is 35.5. The molecule has 0 spiro atoms. The standard InChI is InChI=1S/C25H27ClN2O3S/c1-16-24(19-7-11-21(12-8-19)27-32(30)31)25(23(29)15-18-5-3-4-6-18)17(2)28(16)22-13-9-20(26)10-14-22/h7-14,18,27H,3-6,15H2,1-2H3,(H,30,31). The molecule has 168 valence electrons. The molecule has 4 rings (SSSR count). The van der Waals surface area contributed by atoms with Gasteiger partial charge in [-0.2, -0.15) is 0 Å². The fraction of sp³-hybridized carbons (Fsp3) is 0.320. The fourth-order valence-corrected chi connectivity index (χ4v) is 5.36. The molecule has 1 aromatic heterocycles. The van der Waals surface area contributed by atoms with Gasteiger partial charge in [-0.25, -0.2) is 4.21 Å². The van der Waals surface area contributed by atoms with Crippen LogP contribution in [0.15, 0.2) is 48.5 Å². The second kappa shape index (κ2) is 9.61. The van der Waals surface area contributed by atoms with Crippen molar-refractivity contribution in [2.75, 3.05) is 4.72 Å².